The zero-order valence-electron chi connectivity index (χ0n) is 16.8. The van der Waals surface area contributed by atoms with Crippen molar-refractivity contribution in [3.8, 4) is 5.75 Å². The molecule has 3 aromatic rings. The van der Waals surface area contributed by atoms with Crippen LogP contribution < -0.4 is 21.3 Å². The molecule has 1 aliphatic heterocycles. The molecule has 0 spiro atoms. The highest BCUT2D eigenvalue weighted by atomic mass is 35.5. The number of anilines is 1. The summed E-state index contributed by atoms with van der Waals surface area (Å²) in [6.07, 6.45) is 0.122. The third-order valence-electron chi connectivity index (χ3n) is 4.88. The molecule has 1 aliphatic rings. The highest BCUT2D eigenvalue weighted by Gasteiger charge is 2.31. The first-order chi connectivity index (χ1) is 15.4. The topological polar surface area (TPSA) is 127 Å². The minimum absolute atomic E-state index is 0.122. The quantitative estimate of drug-likeness (QED) is 0.359. The average molecular weight is 471 g/mol. The SMILES string of the molecule is NC(=O)COc1ccc([C@@H]2CC(=O)Nc3nc(SCc4ccc(Cl)cc4)[nH]c(=O)c32)cc1. The molecule has 4 rings (SSSR count). The molecule has 2 heterocycles. The maximum atomic E-state index is 12.9. The van der Waals surface area contributed by atoms with Gasteiger partial charge in [-0.05, 0) is 35.4 Å². The maximum Gasteiger partial charge on any atom is 0.257 e. The van der Waals surface area contributed by atoms with Crippen LogP contribution in [0.3, 0.4) is 0 Å². The number of fused-ring (bicyclic) bond motifs is 1. The molecule has 8 nitrogen and oxygen atoms in total. The molecule has 0 saturated heterocycles. The Kier molecular flexibility index (Phi) is 6.48. The number of hydrogen-bond acceptors (Lipinski definition) is 6. The molecule has 0 aliphatic carbocycles. The van der Waals surface area contributed by atoms with Crippen molar-refractivity contribution < 1.29 is 14.3 Å². The van der Waals surface area contributed by atoms with Crippen molar-refractivity contribution in [1.29, 1.82) is 0 Å². The number of rotatable bonds is 7. The van der Waals surface area contributed by atoms with Crippen LogP contribution >= 0.6 is 23.4 Å². The zero-order valence-corrected chi connectivity index (χ0v) is 18.3. The number of aromatic nitrogens is 2. The fourth-order valence-electron chi connectivity index (χ4n) is 3.39. The Morgan fingerprint density at radius 1 is 1.16 bits per heavy atom. The number of aromatic amines is 1. The van der Waals surface area contributed by atoms with Crippen LogP contribution in [0.1, 0.15) is 29.0 Å². The van der Waals surface area contributed by atoms with Crippen molar-refractivity contribution in [2.75, 3.05) is 11.9 Å². The van der Waals surface area contributed by atoms with Gasteiger partial charge in [-0.25, -0.2) is 4.98 Å². The van der Waals surface area contributed by atoms with Gasteiger partial charge >= 0.3 is 0 Å². The molecule has 164 valence electrons. The van der Waals surface area contributed by atoms with Gasteiger partial charge in [0.15, 0.2) is 11.8 Å². The van der Waals surface area contributed by atoms with Crippen LogP contribution in [0.25, 0.3) is 0 Å². The highest BCUT2D eigenvalue weighted by Crippen LogP contribution is 2.35. The van der Waals surface area contributed by atoms with E-state index in [0.717, 1.165) is 11.1 Å². The number of carbonyl (C=O) groups is 2. The van der Waals surface area contributed by atoms with E-state index in [0.29, 0.717) is 27.2 Å². The Labute approximate surface area is 192 Å². The molecule has 0 unspecified atom stereocenters. The first kappa shape index (κ1) is 21.9. The van der Waals surface area contributed by atoms with Gasteiger partial charge < -0.3 is 20.8 Å². The molecule has 2 amide bonds. The third kappa shape index (κ3) is 5.12. The van der Waals surface area contributed by atoms with Crippen molar-refractivity contribution >= 4 is 41.0 Å². The van der Waals surface area contributed by atoms with Gasteiger partial charge in [-0.3, -0.25) is 14.4 Å². The van der Waals surface area contributed by atoms with Gasteiger partial charge in [-0.1, -0.05) is 47.6 Å². The number of halogens is 1. The molecule has 4 N–H and O–H groups in total. The van der Waals surface area contributed by atoms with Gasteiger partial charge in [0.1, 0.15) is 11.6 Å². The van der Waals surface area contributed by atoms with Crippen molar-refractivity contribution in [3.63, 3.8) is 0 Å². The van der Waals surface area contributed by atoms with Crippen LogP contribution in [0.4, 0.5) is 5.82 Å². The van der Waals surface area contributed by atoms with E-state index in [1.807, 2.05) is 12.1 Å². The number of ether oxygens (including phenoxy) is 1. The van der Waals surface area contributed by atoms with Crippen LogP contribution in [0.15, 0.2) is 58.5 Å². The number of primary amides is 1. The lowest BCUT2D eigenvalue weighted by atomic mass is 9.87. The molecule has 2 aromatic carbocycles. The number of H-pyrrole nitrogens is 1. The van der Waals surface area contributed by atoms with Gasteiger partial charge in [0.05, 0.1) is 5.56 Å². The van der Waals surface area contributed by atoms with E-state index < -0.39 is 11.8 Å². The predicted octanol–water partition coefficient (Wildman–Crippen LogP) is 3.05. The summed E-state index contributed by atoms with van der Waals surface area (Å²) in [5, 5.41) is 3.78. The molecular weight excluding hydrogens is 452 g/mol. The number of carbonyl (C=O) groups excluding carboxylic acids is 2. The molecule has 10 heteroatoms. The number of amides is 2. The predicted molar refractivity (Wildman–Crippen MR) is 122 cm³/mol. The van der Waals surface area contributed by atoms with E-state index in [1.165, 1.54) is 11.8 Å². The van der Waals surface area contributed by atoms with E-state index in [9.17, 15) is 14.4 Å². The van der Waals surface area contributed by atoms with Crippen LogP contribution in [0, 0.1) is 0 Å². The number of nitrogens with two attached hydrogens (primary N) is 1. The van der Waals surface area contributed by atoms with Gasteiger partial charge in [-0.15, -0.1) is 0 Å². The van der Waals surface area contributed by atoms with Crippen molar-refractivity contribution in [3.05, 3.63) is 80.6 Å². The van der Waals surface area contributed by atoms with E-state index in [-0.39, 0.29) is 30.3 Å². The van der Waals surface area contributed by atoms with Gasteiger partial charge in [0.25, 0.3) is 11.5 Å². The molecule has 0 fully saturated rings. The average Bonchev–Trinajstić information content (AvgIpc) is 2.77. The summed E-state index contributed by atoms with van der Waals surface area (Å²) in [5.41, 5.74) is 6.99. The summed E-state index contributed by atoms with van der Waals surface area (Å²) in [4.78, 5) is 43.4. The monoisotopic (exact) mass is 470 g/mol. The van der Waals surface area contributed by atoms with E-state index in [1.54, 1.807) is 36.4 Å². The smallest absolute Gasteiger partial charge is 0.257 e. The summed E-state index contributed by atoms with van der Waals surface area (Å²) >= 11 is 7.27. The number of nitrogens with one attached hydrogen (secondary N) is 2. The molecule has 0 saturated carbocycles. The lowest BCUT2D eigenvalue weighted by Gasteiger charge is -2.24. The number of benzene rings is 2. The summed E-state index contributed by atoms with van der Waals surface area (Å²) < 4.78 is 5.27. The molecule has 1 atom stereocenters. The molecular formula is C22H19ClN4O4S. The van der Waals surface area contributed by atoms with Crippen LogP contribution in [0.2, 0.25) is 5.02 Å². The minimum Gasteiger partial charge on any atom is -0.484 e. The van der Waals surface area contributed by atoms with Crippen molar-refractivity contribution in [1.82, 2.24) is 9.97 Å². The Hall–Kier alpha value is -3.30. The van der Waals surface area contributed by atoms with E-state index >= 15 is 0 Å². The second-order valence-electron chi connectivity index (χ2n) is 7.18. The first-order valence-electron chi connectivity index (χ1n) is 9.71. The lowest BCUT2D eigenvalue weighted by Crippen LogP contribution is -2.31. The maximum absolute atomic E-state index is 12.9. The lowest BCUT2D eigenvalue weighted by molar-refractivity contribution is -0.120. The standard InChI is InChI=1S/C22H19ClN4O4S/c23-14-5-1-12(2-6-14)11-32-22-26-20-19(21(30)27-22)16(9-18(29)25-20)13-3-7-15(8-4-13)31-10-17(24)28/h1-8,16H,9-11H2,(H2,24,28)(H2,25,26,27,29,30)/t16-/m0/s1. The van der Waals surface area contributed by atoms with Crippen LogP contribution in [-0.4, -0.2) is 28.4 Å². The Balaban J connectivity index is 1.56. The summed E-state index contributed by atoms with van der Waals surface area (Å²) in [6.45, 7) is -0.228. The van der Waals surface area contributed by atoms with Gasteiger partial charge in [0.2, 0.25) is 5.91 Å². The van der Waals surface area contributed by atoms with Crippen LogP contribution in [-0.2, 0) is 15.3 Å². The van der Waals surface area contributed by atoms with E-state index in [4.69, 9.17) is 22.1 Å². The fraction of sp³-hybridized carbons (Fsp3) is 0.182. The van der Waals surface area contributed by atoms with Crippen LogP contribution in [0.5, 0.6) is 5.75 Å². The van der Waals surface area contributed by atoms with Gasteiger partial charge in [0, 0.05) is 23.1 Å². The summed E-state index contributed by atoms with van der Waals surface area (Å²) in [7, 11) is 0. The second kappa shape index (κ2) is 9.46. The molecule has 1 aromatic heterocycles. The summed E-state index contributed by atoms with van der Waals surface area (Å²) in [5.74, 6) is 0.0769. The minimum atomic E-state index is -0.575. The Morgan fingerprint density at radius 3 is 2.56 bits per heavy atom. The summed E-state index contributed by atoms with van der Waals surface area (Å²) in [6, 6.07) is 14.3. The third-order valence-corrected chi connectivity index (χ3v) is 6.08. The molecule has 0 radical (unpaired) electrons. The Bertz CT molecular complexity index is 1210. The normalized spacial score (nSPS) is 15.0. The first-order valence-corrected chi connectivity index (χ1v) is 11.1. The van der Waals surface area contributed by atoms with E-state index in [2.05, 4.69) is 15.3 Å². The second-order valence-corrected chi connectivity index (χ2v) is 8.58. The number of thioether (sulfide) groups is 1. The van der Waals surface area contributed by atoms with Crippen molar-refractivity contribution in [2.24, 2.45) is 5.73 Å². The number of hydrogen-bond donors (Lipinski definition) is 3. The highest BCUT2D eigenvalue weighted by molar-refractivity contribution is 7.98. The molecule has 32 heavy (non-hydrogen) atoms. The fourth-order valence-corrected chi connectivity index (χ4v) is 4.33. The molecule has 0 bridgehead atoms. The zero-order chi connectivity index (χ0) is 22.7. The largest absolute Gasteiger partial charge is 0.484 e. The number of nitrogens with zero attached hydrogens (tertiary/aromatic N) is 1. The van der Waals surface area contributed by atoms with Crippen molar-refractivity contribution in [2.45, 2.75) is 23.2 Å². The Morgan fingerprint density at radius 2 is 1.88 bits per heavy atom. The van der Waals surface area contributed by atoms with Gasteiger partial charge in [-0.2, -0.15) is 0 Å².